The predicted molar refractivity (Wildman–Crippen MR) is 105 cm³/mol. The fraction of sp³-hybridized carbons (Fsp3) is 0.450. The molecule has 138 valence electrons. The summed E-state index contributed by atoms with van der Waals surface area (Å²) in [7, 11) is 2.03. The first-order chi connectivity index (χ1) is 12.4. The van der Waals surface area contributed by atoms with Crippen LogP contribution in [0.4, 0.5) is 5.82 Å². The molecule has 2 aromatic rings. The molecule has 0 spiro atoms. The molecule has 1 aromatic carbocycles. The summed E-state index contributed by atoms with van der Waals surface area (Å²) in [5.41, 5.74) is 3.05. The first-order valence-corrected chi connectivity index (χ1v) is 9.43. The number of alkyl halides is 1. The molecule has 5 nitrogen and oxygen atoms in total. The molecule has 26 heavy (non-hydrogen) atoms. The molecule has 1 aromatic heterocycles. The minimum atomic E-state index is -0.521. The van der Waals surface area contributed by atoms with Crippen LogP contribution in [-0.4, -0.2) is 45.8 Å². The Morgan fingerprint density at radius 3 is 2.50 bits per heavy atom. The van der Waals surface area contributed by atoms with Crippen LogP contribution in [0.5, 0.6) is 0 Å². The molecule has 0 saturated heterocycles. The Balaban J connectivity index is 2.06. The highest BCUT2D eigenvalue weighted by molar-refractivity contribution is 6.30. The van der Waals surface area contributed by atoms with E-state index in [9.17, 15) is 4.79 Å². The van der Waals surface area contributed by atoms with Crippen molar-refractivity contribution in [3.8, 4) is 11.4 Å². The average molecular weight is 373 g/mol. The molecule has 0 saturated carbocycles. The average Bonchev–Trinajstić information content (AvgIpc) is 2.66. The number of hydrogen-bond donors (Lipinski definition) is 0. The highest BCUT2D eigenvalue weighted by Gasteiger charge is 2.29. The maximum Gasteiger partial charge on any atom is 0.240 e. The lowest BCUT2D eigenvalue weighted by atomic mass is 10.0. The van der Waals surface area contributed by atoms with Crippen LogP contribution in [0.25, 0.3) is 11.4 Å². The number of fused-ring (bicyclic) bond motifs is 1. The van der Waals surface area contributed by atoms with Gasteiger partial charge in [-0.3, -0.25) is 4.79 Å². The summed E-state index contributed by atoms with van der Waals surface area (Å²) in [4.78, 5) is 26.0. The zero-order valence-electron chi connectivity index (χ0n) is 15.7. The first kappa shape index (κ1) is 18.6. The van der Waals surface area contributed by atoms with Crippen LogP contribution in [0.2, 0.25) is 0 Å². The number of carbonyl (C=O) groups is 1. The molecule has 0 radical (unpaired) electrons. The second kappa shape index (κ2) is 7.62. The van der Waals surface area contributed by atoms with Crippen molar-refractivity contribution in [3.05, 3.63) is 41.6 Å². The maximum absolute atomic E-state index is 12.4. The second-order valence-electron chi connectivity index (χ2n) is 6.99. The topological polar surface area (TPSA) is 49.3 Å². The van der Waals surface area contributed by atoms with Gasteiger partial charge in [0.2, 0.25) is 5.91 Å². The normalized spacial score (nSPS) is 14.9. The zero-order valence-corrected chi connectivity index (χ0v) is 16.5. The van der Waals surface area contributed by atoms with Crippen molar-refractivity contribution >= 4 is 23.3 Å². The zero-order chi connectivity index (χ0) is 18.8. The number of carbonyl (C=O) groups excluding carboxylic acids is 1. The van der Waals surface area contributed by atoms with Crippen molar-refractivity contribution in [1.82, 2.24) is 14.9 Å². The van der Waals surface area contributed by atoms with Crippen molar-refractivity contribution in [2.75, 3.05) is 18.5 Å². The fourth-order valence-electron chi connectivity index (χ4n) is 3.09. The van der Waals surface area contributed by atoms with Crippen LogP contribution in [0.15, 0.2) is 30.3 Å². The Kier molecular flexibility index (Phi) is 5.47. The lowest BCUT2D eigenvalue weighted by Gasteiger charge is -2.33. The molecule has 0 N–H and O–H groups in total. The van der Waals surface area contributed by atoms with E-state index >= 15 is 0 Å². The van der Waals surface area contributed by atoms with Gasteiger partial charge in [0.25, 0.3) is 0 Å². The highest BCUT2D eigenvalue weighted by Crippen LogP contribution is 2.30. The Morgan fingerprint density at radius 1 is 1.19 bits per heavy atom. The third-order valence-corrected chi connectivity index (χ3v) is 5.02. The quantitative estimate of drug-likeness (QED) is 0.771. The Labute approximate surface area is 160 Å². The number of aromatic nitrogens is 2. The number of amides is 1. The van der Waals surface area contributed by atoms with E-state index in [2.05, 4.69) is 18.7 Å². The molecule has 1 aliphatic rings. The number of halogens is 1. The van der Waals surface area contributed by atoms with Gasteiger partial charge in [-0.2, -0.15) is 0 Å². The summed E-state index contributed by atoms with van der Waals surface area (Å²) in [6.07, 6.45) is 0.714. The smallest absolute Gasteiger partial charge is 0.240 e. The lowest BCUT2D eigenvalue weighted by molar-refractivity contribution is -0.131. The number of hydrogen-bond acceptors (Lipinski definition) is 4. The lowest BCUT2D eigenvalue weighted by Crippen LogP contribution is -2.41. The van der Waals surface area contributed by atoms with Crippen LogP contribution in [0.3, 0.4) is 0 Å². The van der Waals surface area contributed by atoms with Crippen molar-refractivity contribution in [1.29, 1.82) is 0 Å². The van der Waals surface area contributed by atoms with Gasteiger partial charge in [0.1, 0.15) is 11.2 Å². The van der Waals surface area contributed by atoms with E-state index in [0.717, 1.165) is 28.5 Å². The number of anilines is 1. The van der Waals surface area contributed by atoms with Crippen LogP contribution in [0, 0.1) is 0 Å². The summed E-state index contributed by atoms with van der Waals surface area (Å²) >= 11 is 6.01. The van der Waals surface area contributed by atoms with E-state index in [4.69, 9.17) is 21.6 Å². The van der Waals surface area contributed by atoms with Gasteiger partial charge in [-0.1, -0.05) is 30.3 Å². The van der Waals surface area contributed by atoms with E-state index in [1.807, 2.05) is 42.3 Å². The standard InChI is InChI=1S/C20H25ClN4O/c1-13(2)24(4)19-16-12-25(20(26)14(3)21)11-10-17(16)22-18(23-19)15-8-6-5-7-9-15/h5-9,13-14H,10-12H2,1-4H3/t14-/m1/s1. The molecule has 3 rings (SSSR count). The van der Waals surface area contributed by atoms with Gasteiger partial charge in [-0.25, -0.2) is 9.97 Å². The molecule has 0 unspecified atom stereocenters. The predicted octanol–water partition coefficient (Wildman–Crippen LogP) is 3.50. The fourth-order valence-corrected chi connectivity index (χ4v) is 3.23. The van der Waals surface area contributed by atoms with Crippen LogP contribution in [-0.2, 0) is 17.8 Å². The minimum Gasteiger partial charge on any atom is -0.357 e. The number of nitrogens with zero attached hydrogens (tertiary/aromatic N) is 4. The summed E-state index contributed by atoms with van der Waals surface area (Å²) in [6, 6.07) is 10.3. The SMILES string of the molecule is CC(C)N(C)c1nc(-c2ccccc2)nc2c1CN(C(=O)[C@@H](C)Cl)CC2. The summed E-state index contributed by atoms with van der Waals surface area (Å²) < 4.78 is 0. The van der Waals surface area contributed by atoms with Crippen LogP contribution in [0.1, 0.15) is 32.0 Å². The molecule has 0 fully saturated rings. The van der Waals surface area contributed by atoms with Gasteiger partial charge >= 0.3 is 0 Å². The molecule has 0 aliphatic carbocycles. The second-order valence-corrected chi connectivity index (χ2v) is 7.65. The van der Waals surface area contributed by atoms with Gasteiger partial charge in [0.05, 0.1) is 12.2 Å². The Morgan fingerprint density at radius 2 is 1.88 bits per heavy atom. The maximum atomic E-state index is 12.4. The third kappa shape index (κ3) is 3.68. The number of benzene rings is 1. The molecule has 6 heteroatoms. The monoisotopic (exact) mass is 372 g/mol. The molecular formula is C20H25ClN4O. The molecule has 1 amide bonds. The summed E-state index contributed by atoms with van der Waals surface area (Å²) in [6.45, 7) is 7.12. The largest absolute Gasteiger partial charge is 0.357 e. The van der Waals surface area contributed by atoms with Crippen molar-refractivity contribution in [2.45, 2.75) is 45.2 Å². The Bertz CT molecular complexity index is 792. The van der Waals surface area contributed by atoms with E-state index in [1.165, 1.54) is 0 Å². The van der Waals surface area contributed by atoms with Gasteiger partial charge in [0.15, 0.2) is 5.82 Å². The molecular weight excluding hydrogens is 348 g/mol. The summed E-state index contributed by atoms with van der Waals surface area (Å²) in [5.74, 6) is 1.59. The first-order valence-electron chi connectivity index (χ1n) is 8.99. The van der Waals surface area contributed by atoms with Gasteiger partial charge in [-0.05, 0) is 20.8 Å². The van der Waals surface area contributed by atoms with Crippen LogP contribution < -0.4 is 4.90 Å². The third-order valence-electron chi connectivity index (χ3n) is 4.83. The minimum absolute atomic E-state index is 0.0393. The molecule has 2 heterocycles. The molecule has 1 atom stereocenters. The molecule has 0 bridgehead atoms. The van der Waals surface area contributed by atoms with E-state index in [0.29, 0.717) is 19.5 Å². The van der Waals surface area contributed by atoms with Gasteiger partial charge < -0.3 is 9.80 Å². The van der Waals surface area contributed by atoms with Crippen LogP contribution >= 0.6 is 11.6 Å². The van der Waals surface area contributed by atoms with Gasteiger partial charge in [-0.15, -0.1) is 11.6 Å². The Hall–Kier alpha value is -2.14. The van der Waals surface area contributed by atoms with E-state index < -0.39 is 5.38 Å². The summed E-state index contributed by atoms with van der Waals surface area (Å²) in [5, 5.41) is -0.521. The highest BCUT2D eigenvalue weighted by atomic mass is 35.5. The number of rotatable bonds is 4. The van der Waals surface area contributed by atoms with Crippen molar-refractivity contribution in [3.63, 3.8) is 0 Å². The molecule has 1 aliphatic heterocycles. The van der Waals surface area contributed by atoms with Gasteiger partial charge in [0, 0.05) is 37.2 Å². The van der Waals surface area contributed by atoms with E-state index in [1.54, 1.807) is 6.92 Å². The van der Waals surface area contributed by atoms with Crippen molar-refractivity contribution < 1.29 is 4.79 Å². The van der Waals surface area contributed by atoms with E-state index in [-0.39, 0.29) is 11.9 Å². The van der Waals surface area contributed by atoms with Crippen molar-refractivity contribution in [2.24, 2.45) is 0 Å².